The summed E-state index contributed by atoms with van der Waals surface area (Å²) < 4.78 is 0. The van der Waals surface area contributed by atoms with Gasteiger partial charge < -0.3 is 5.32 Å². The zero-order valence-corrected chi connectivity index (χ0v) is 4.85. The van der Waals surface area contributed by atoms with E-state index in [-0.39, 0.29) is 5.91 Å². The summed E-state index contributed by atoms with van der Waals surface area (Å²) in [6.45, 7) is 0. The predicted molar refractivity (Wildman–Crippen MR) is 29.2 cm³/mol. The highest BCUT2D eigenvalue weighted by atomic mass is 16.2. The lowest BCUT2D eigenvalue weighted by Crippen LogP contribution is -2.22. The Balaban J connectivity index is 1.91. The summed E-state index contributed by atoms with van der Waals surface area (Å²) in [7, 11) is 1.71. The fourth-order valence-electron chi connectivity index (χ4n) is 1.33. The van der Waals surface area contributed by atoms with Crippen LogP contribution in [0.1, 0.15) is 6.42 Å². The zero-order valence-electron chi connectivity index (χ0n) is 4.85. The molecule has 0 aromatic heterocycles. The Bertz CT molecular complexity index is 135. The third kappa shape index (κ3) is 0.358. The summed E-state index contributed by atoms with van der Waals surface area (Å²) in [6.07, 6.45) is 1.32. The summed E-state index contributed by atoms with van der Waals surface area (Å²) >= 11 is 0. The van der Waals surface area contributed by atoms with Crippen molar-refractivity contribution in [2.24, 2.45) is 17.8 Å². The second-order valence-corrected chi connectivity index (χ2v) is 2.70. The van der Waals surface area contributed by atoms with Crippen LogP contribution in [-0.4, -0.2) is 13.0 Å². The summed E-state index contributed by atoms with van der Waals surface area (Å²) in [6, 6.07) is 0. The summed E-state index contributed by atoms with van der Waals surface area (Å²) in [4.78, 5) is 10.7. The molecule has 2 atom stereocenters. The van der Waals surface area contributed by atoms with Gasteiger partial charge in [0.05, 0.1) is 0 Å². The molecule has 2 aliphatic carbocycles. The van der Waals surface area contributed by atoms with Crippen molar-refractivity contribution in [1.29, 1.82) is 0 Å². The maximum atomic E-state index is 10.7. The number of hydrogen-bond acceptors (Lipinski definition) is 1. The lowest BCUT2D eigenvalue weighted by atomic mass is 10.2. The number of amides is 1. The molecular formula is C6H9NO. The first-order valence-corrected chi connectivity index (χ1v) is 3.06. The van der Waals surface area contributed by atoms with E-state index >= 15 is 0 Å². The topological polar surface area (TPSA) is 29.1 Å². The first-order valence-electron chi connectivity index (χ1n) is 3.06. The van der Waals surface area contributed by atoms with Gasteiger partial charge in [0.15, 0.2) is 0 Å². The monoisotopic (exact) mass is 111 g/mol. The van der Waals surface area contributed by atoms with Gasteiger partial charge in [0, 0.05) is 13.0 Å². The van der Waals surface area contributed by atoms with E-state index in [2.05, 4.69) is 5.32 Å². The van der Waals surface area contributed by atoms with Crippen LogP contribution in [0.2, 0.25) is 0 Å². The minimum atomic E-state index is 0.256. The van der Waals surface area contributed by atoms with Crippen LogP contribution >= 0.6 is 0 Å². The number of hydrogen-bond donors (Lipinski definition) is 1. The highest BCUT2D eigenvalue weighted by Gasteiger charge is 2.67. The molecular weight excluding hydrogens is 102 g/mol. The first kappa shape index (κ1) is 4.36. The minimum absolute atomic E-state index is 0.256. The molecule has 2 nitrogen and oxygen atoms in total. The summed E-state index contributed by atoms with van der Waals surface area (Å²) in [5.41, 5.74) is 0. The highest BCUT2D eigenvalue weighted by Crippen LogP contribution is 2.68. The predicted octanol–water partition coefficient (Wildman–Crippen LogP) is -0.00170. The molecule has 0 aromatic rings. The van der Waals surface area contributed by atoms with Crippen molar-refractivity contribution in [2.75, 3.05) is 7.05 Å². The van der Waals surface area contributed by atoms with Crippen molar-refractivity contribution in [3.63, 3.8) is 0 Å². The maximum Gasteiger partial charge on any atom is 0.223 e. The molecule has 2 heteroatoms. The third-order valence-electron chi connectivity index (χ3n) is 2.22. The Morgan fingerprint density at radius 2 is 2.25 bits per heavy atom. The van der Waals surface area contributed by atoms with E-state index < -0.39 is 0 Å². The molecule has 0 radical (unpaired) electrons. The minimum Gasteiger partial charge on any atom is -0.359 e. The van der Waals surface area contributed by atoms with Gasteiger partial charge in [-0.1, -0.05) is 0 Å². The zero-order chi connectivity index (χ0) is 5.72. The fourth-order valence-corrected chi connectivity index (χ4v) is 1.33. The van der Waals surface area contributed by atoms with Crippen LogP contribution in [0.5, 0.6) is 0 Å². The number of carbonyl (C=O) groups excluding carboxylic acids is 1. The molecule has 1 N–H and O–H groups in total. The van der Waals surface area contributed by atoms with Crippen molar-refractivity contribution >= 4 is 5.91 Å². The van der Waals surface area contributed by atoms with E-state index in [9.17, 15) is 4.79 Å². The second kappa shape index (κ2) is 1.07. The molecule has 0 heterocycles. The number of carbonyl (C=O) groups is 1. The lowest BCUT2D eigenvalue weighted by Gasteiger charge is -1.98. The number of rotatable bonds is 1. The van der Waals surface area contributed by atoms with Crippen molar-refractivity contribution in [3.8, 4) is 0 Å². The maximum absolute atomic E-state index is 10.7. The number of fused-ring (bicyclic) bond motifs is 1. The Morgan fingerprint density at radius 1 is 1.62 bits per heavy atom. The van der Waals surface area contributed by atoms with E-state index in [4.69, 9.17) is 0 Å². The van der Waals surface area contributed by atoms with Gasteiger partial charge in [-0.15, -0.1) is 0 Å². The van der Waals surface area contributed by atoms with Gasteiger partial charge in [0.1, 0.15) is 0 Å². The van der Waals surface area contributed by atoms with E-state index in [1.807, 2.05) is 0 Å². The van der Waals surface area contributed by atoms with Gasteiger partial charge >= 0.3 is 0 Å². The SMILES string of the molecule is CNC(=O)C1C2CC21. The average molecular weight is 111 g/mol. The second-order valence-electron chi connectivity index (χ2n) is 2.70. The van der Waals surface area contributed by atoms with E-state index in [1.165, 1.54) is 6.42 Å². The Hall–Kier alpha value is -0.530. The van der Waals surface area contributed by atoms with Crippen LogP contribution in [0.4, 0.5) is 0 Å². The van der Waals surface area contributed by atoms with Crippen LogP contribution in [0, 0.1) is 17.8 Å². The quantitative estimate of drug-likeness (QED) is 0.507. The molecule has 0 aromatic carbocycles. The van der Waals surface area contributed by atoms with Gasteiger partial charge in [-0.3, -0.25) is 4.79 Å². The molecule has 0 bridgehead atoms. The van der Waals surface area contributed by atoms with Gasteiger partial charge in [0.25, 0.3) is 0 Å². The lowest BCUT2D eigenvalue weighted by molar-refractivity contribution is -0.123. The van der Waals surface area contributed by atoms with Crippen LogP contribution in [0.3, 0.4) is 0 Å². The molecule has 2 aliphatic rings. The molecule has 2 rings (SSSR count). The summed E-state index contributed by atoms with van der Waals surface area (Å²) in [5, 5.41) is 2.65. The van der Waals surface area contributed by atoms with Crippen LogP contribution in [0.15, 0.2) is 0 Å². The van der Waals surface area contributed by atoms with Crippen molar-refractivity contribution in [2.45, 2.75) is 6.42 Å². The number of nitrogens with one attached hydrogen (secondary N) is 1. The molecule has 8 heavy (non-hydrogen) atoms. The molecule has 44 valence electrons. The molecule has 2 saturated carbocycles. The van der Waals surface area contributed by atoms with Gasteiger partial charge in [-0.25, -0.2) is 0 Å². The average Bonchev–Trinajstić information content (AvgIpc) is 2.47. The van der Waals surface area contributed by atoms with Gasteiger partial charge in [-0.05, 0) is 18.3 Å². The fraction of sp³-hybridized carbons (Fsp3) is 0.833. The van der Waals surface area contributed by atoms with Crippen LogP contribution in [0.25, 0.3) is 0 Å². The Labute approximate surface area is 48.3 Å². The normalized spacial score (nSPS) is 47.4. The summed E-state index contributed by atoms with van der Waals surface area (Å²) in [5.74, 6) is 2.29. The van der Waals surface area contributed by atoms with Gasteiger partial charge in [0.2, 0.25) is 5.91 Å². The molecule has 0 spiro atoms. The molecule has 2 unspecified atom stereocenters. The van der Waals surface area contributed by atoms with Gasteiger partial charge in [-0.2, -0.15) is 0 Å². The van der Waals surface area contributed by atoms with Crippen LogP contribution in [-0.2, 0) is 4.79 Å². The third-order valence-corrected chi connectivity index (χ3v) is 2.22. The molecule has 2 fully saturated rings. The standard InChI is InChI=1S/C6H9NO/c1-7-6(8)5-3-2-4(3)5/h3-5H,2H2,1H3,(H,7,8). The van der Waals surface area contributed by atoms with E-state index in [0.29, 0.717) is 5.92 Å². The Kier molecular flexibility index (Phi) is 0.581. The molecule has 1 amide bonds. The van der Waals surface area contributed by atoms with Crippen LogP contribution < -0.4 is 5.32 Å². The Morgan fingerprint density at radius 3 is 2.38 bits per heavy atom. The molecule has 0 saturated heterocycles. The van der Waals surface area contributed by atoms with E-state index in [0.717, 1.165) is 11.8 Å². The molecule has 0 aliphatic heterocycles. The largest absolute Gasteiger partial charge is 0.359 e. The highest BCUT2D eigenvalue weighted by molar-refractivity contribution is 5.83. The van der Waals surface area contributed by atoms with Crippen molar-refractivity contribution < 1.29 is 4.79 Å². The smallest absolute Gasteiger partial charge is 0.223 e. The van der Waals surface area contributed by atoms with Crippen molar-refractivity contribution in [3.05, 3.63) is 0 Å². The van der Waals surface area contributed by atoms with E-state index in [1.54, 1.807) is 7.05 Å². The van der Waals surface area contributed by atoms with Crippen molar-refractivity contribution in [1.82, 2.24) is 5.32 Å². The first-order chi connectivity index (χ1) is 3.84.